The van der Waals surface area contributed by atoms with Crippen LogP contribution in [-0.4, -0.2) is 54.8 Å². The highest BCUT2D eigenvalue weighted by atomic mass is 16.4. The molecule has 2 heterocycles. The molecule has 0 aliphatic heterocycles. The minimum Gasteiger partial charge on any atom is -0.480 e. The van der Waals surface area contributed by atoms with Crippen molar-refractivity contribution < 1.29 is 19.5 Å². The molecule has 1 atom stereocenters. The molecule has 3 aromatic rings. The van der Waals surface area contributed by atoms with E-state index >= 15 is 0 Å². The Hall–Kier alpha value is -4.39. The second-order valence-electron chi connectivity index (χ2n) is 7.33. The van der Waals surface area contributed by atoms with E-state index in [2.05, 4.69) is 25.3 Å². The minimum absolute atomic E-state index is 0.0220. The summed E-state index contributed by atoms with van der Waals surface area (Å²) < 4.78 is 0. The van der Waals surface area contributed by atoms with Crippen LogP contribution in [0, 0.1) is 0 Å². The third-order valence-electron chi connectivity index (χ3n) is 4.91. The van der Waals surface area contributed by atoms with Crippen LogP contribution in [0.15, 0.2) is 30.5 Å². The van der Waals surface area contributed by atoms with Gasteiger partial charge < -0.3 is 33.4 Å². The van der Waals surface area contributed by atoms with Crippen molar-refractivity contribution >= 4 is 46.3 Å². The number of carboxylic acids is 1. The zero-order chi connectivity index (χ0) is 24.2. The number of carbonyl (C=O) groups excluding carboxylic acids is 2. The Morgan fingerprint density at radius 1 is 1.06 bits per heavy atom. The number of hydrogen-bond donors (Lipinski definition) is 6. The number of aliphatic carboxylic acids is 1. The van der Waals surface area contributed by atoms with Gasteiger partial charge in [0.05, 0.1) is 11.9 Å². The summed E-state index contributed by atoms with van der Waals surface area (Å²) in [4.78, 5) is 51.7. The molecule has 13 nitrogen and oxygen atoms in total. The smallest absolute Gasteiger partial charge is 0.331 e. The first-order chi connectivity index (χ1) is 15.6. The number of nitrogens with two attached hydrogens (primary N) is 4. The number of benzene rings is 1. The number of ketones is 1. The van der Waals surface area contributed by atoms with E-state index in [9.17, 15) is 19.5 Å². The Bertz CT molecular complexity index is 1220. The van der Waals surface area contributed by atoms with E-state index in [4.69, 9.17) is 22.9 Å². The minimum atomic E-state index is -2.24. The van der Waals surface area contributed by atoms with Crippen LogP contribution in [0.3, 0.4) is 0 Å². The predicted octanol–water partition coefficient (Wildman–Crippen LogP) is -0.531. The molecule has 0 saturated heterocycles. The Kier molecular flexibility index (Phi) is 6.63. The third-order valence-corrected chi connectivity index (χ3v) is 4.91. The maximum Gasteiger partial charge on any atom is 0.331 e. The molecule has 0 bridgehead atoms. The SMILES string of the molecule is NC(=O)CC[C@](N)(C(=O)O)C(=O)c1ccc(NCCc2cnc3nc(N)nc(N)c3n2)cc1. The van der Waals surface area contributed by atoms with E-state index in [0.717, 1.165) is 0 Å². The zero-order valence-corrected chi connectivity index (χ0v) is 17.5. The molecule has 0 saturated carbocycles. The lowest BCUT2D eigenvalue weighted by Gasteiger charge is -2.22. The average Bonchev–Trinajstić information content (AvgIpc) is 2.77. The molecular weight excluding hydrogens is 430 g/mol. The number of carboxylic acid groups (broad SMARTS) is 1. The van der Waals surface area contributed by atoms with Gasteiger partial charge in [-0.25, -0.2) is 14.8 Å². The van der Waals surface area contributed by atoms with Gasteiger partial charge in [0.1, 0.15) is 0 Å². The number of aromatic nitrogens is 4. The van der Waals surface area contributed by atoms with Gasteiger partial charge >= 0.3 is 5.97 Å². The van der Waals surface area contributed by atoms with Crippen LogP contribution < -0.4 is 28.3 Å². The molecule has 33 heavy (non-hydrogen) atoms. The zero-order valence-electron chi connectivity index (χ0n) is 17.5. The average molecular weight is 453 g/mol. The second kappa shape index (κ2) is 9.40. The van der Waals surface area contributed by atoms with E-state index in [1.165, 1.54) is 12.1 Å². The molecule has 0 spiro atoms. The van der Waals surface area contributed by atoms with Crippen LogP contribution in [0.5, 0.6) is 0 Å². The molecule has 0 radical (unpaired) electrons. The molecule has 3 rings (SSSR count). The molecule has 10 N–H and O–H groups in total. The molecule has 0 aliphatic carbocycles. The van der Waals surface area contributed by atoms with Gasteiger partial charge in [0, 0.05) is 30.6 Å². The summed E-state index contributed by atoms with van der Waals surface area (Å²) in [5.74, 6) is -2.91. The molecule has 0 unspecified atom stereocenters. The number of nitrogens with zero attached hydrogens (tertiary/aromatic N) is 4. The summed E-state index contributed by atoms with van der Waals surface area (Å²) in [6.45, 7) is 0.484. The van der Waals surface area contributed by atoms with Crippen LogP contribution in [-0.2, 0) is 16.0 Å². The van der Waals surface area contributed by atoms with Gasteiger partial charge in [0.25, 0.3) is 0 Å². The summed E-state index contributed by atoms with van der Waals surface area (Å²) in [6, 6.07) is 6.14. The van der Waals surface area contributed by atoms with E-state index in [-0.39, 0.29) is 23.8 Å². The van der Waals surface area contributed by atoms with Crippen molar-refractivity contribution in [3.8, 4) is 0 Å². The molecule has 13 heteroatoms. The van der Waals surface area contributed by atoms with Crippen LogP contribution in [0.25, 0.3) is 11.2 Å². The number of hydrogen-bond acceptors (Lipinski definition) is 11. The first-order valence-electron chi connectivity index (χ1n) is 9.84. The van der Waals surface area contributed by atoms with Gasteiger partial charge in [-0.1, -0.05) is 0 Å². The van der Waals surface area contributed by atoms with Crippen LogP contribution in [0.4, 0.5) is 17.5 Å². The monoisotopic (exact) mass is 453 g/mol. The summed E-state index contributed by atoms with van der Waals surface area (Å²) in [7, 11) is 0. The molecule has 2 aromatic heterocycles. The van der Waals surface area contributed by atoms with E-state index in [1.807, 2.05) is 0 Å². The highest BCUT2D eigenvalue weighted by molar-refractivity contribution is 6.16. The topological polar surface area (TPSA) is 239 Å². The fourth-order valence-corrected chi connectivity index (χ4v) is 3.07. The summed E-state index contributed by atoms with van der Waals surface area (Å²) in [5.41, 5.74) is 22.1. The van der Waals surface area contributed by atoms with Crippen LogP contribution in [0.1, 0.15) is 28.9 Å². The molecule has 1 amide bonds. The number of Topliss-reactive ketones (excluding diaryl/α,β-unsaturated/α-hetero) is 1. The summed E-state index contributed by atoms with van der Waals surface area (Å²) in [5, 5.41) is 12.6. The highest BCUT2D eigenvalue weighted by Gasteiger charge is 2.42. The molecule has 172 valence electrons. The maximum absolute atomic E-state index is 12.7. The quantitative estimate of drug-likeness (QED) is 0.168. The van der Waals surface area contributed by atoms with E-state index in [1.54, 1.807) is 18.3 Å². The largest absolute Gasteiger partial charge is 0.480 e. The number of primary amides is 1. The van der Waals surface area contributed by atoms with Gasteiger partial charge in [-0.2, -0.15) is 9.97 Å². The van der Waals surface area contributed by atoms with Crippen molar-refractivity contribution in [3.63, 3.8) is 0 Å². The van der Waals surface area contributed by atoms with Crippen molar-refractivity contribution in [1.82, 2.24) is 19.9 Å². The van der Waals surface area contributed by atoms with Gasteiger partial charge in [-0.3, -0.25) is 9.59 Å². The van der Waals surface area contributed by atoms with Crippen molar-refractivity contribution in [2.75, 3.05) is 23.3 Å². The van der Waals surface area contributed by atoms with Gasteiger partial charge in [-0.05, 0) is 30.7 Å². The van der Waals surface area contributed by atoms with Gasteiger partial charge in [0.2, 0.25) is 11.9 Å². The molecule has 0 aliphatic rings. The predicted molar refractivity (Wildman–Crippen MR) is 120 cm³/mol. The number of carbonyl (C=O) groups is 3. The maximum atomic E-state index is 12.7. The molecular formula is C20H23N9O4. The number of amides is 1. The van der Waals surface area contributed by atoms with Crippen LogP contribution in [0.2, 0.25) is 0 Å². The lowest BCUT2D eigenvalue weighted by molar-refractivity contribution is -0.141. The number of nitrogens with one attached hydrogen (secondary N) is 1. The lowest BCUT2D eigenvalue weighted by atomic mass is 9.86. The second-order valence-corrected chi connectivity index (χ2v) is 7.33. The lowest BCUT2D eigenvalue weighted by Crippen LogP contribution is -2.55. The molecule has 1 aromatic carbocycles. The van der Waals surface area contributed by atoms with E-state index in [0.29, 0.717) is 35.5 Å². The Morgan fingerprint density at radius 3 is 2.39 bits per heavy atom. The first kappa shape index (κ1) is 23.3. The first-order valence-corrected chi connectivity index (χ1v) is 9.84. The normalized spacial score (nSPS) is 12.8. The third kappa shape index (κ3) is 5.27. The van der Waals surface area contributed by atoms with Crippen molar-refractivity contribution in [2.45, 2.75) is 24.8 Å². The standard InChI is InChI=1S/C20H23N9O4/c21-13(30)5-7-20(24,18(32)33)15(31)10-1-3-11(4-2-10)25-8-6-12-9-26-17-14(27-12)16(22)28-19(23)29-17/h1-4,9,25H,5-8,24H2,(H2,21,30)(H,32,33)(H4,22,23,26,28,29)/t20-/m1/s1. The summed E-state index contributed by atoms with van der Waals surface area (Å²) in [6.07, 6.45) is 1.35. The van der Waals surface area contributed by atoms with Crippen LogP contribution >= 0.6 is 0 Å². The fraction of sp³-hybridized carbons (Fsp3) is 0.250. The molecule has 0 fully saturated rings. The number of fused-ring (bicyclic) bond motifs is 1. The number of nitrogen functional groups attached to an aromatic ring is 2. The van der Waals surface area contributed by atoms with Crippen molar-refractivity contribution in [2.24, 2.45) is 11.5 Å². The Morgan fingerprint density at radius 2 is 1.76 bits per heavy atom. The van der Waals surface area contributed by atoms with E-state index < -0.39 is 29.6 Å². The summed E-state index contributed by atoms with van der Waals surface area (Å²) >= 11 is 0. The van der Waals surface area contributed by atoms with Gasteiger partial charge in [-0.15, -0.1) is 0 Å². The number of rotatable bonds is 10. The number of anilines is 3. The van der Waals surface area contributed by atoms with Crippen molar-refractivity contribution in [3.05, 3.63) is 41.7 Å². The Balaban J connectivity index is 1.63. The Labute approximate surface area is 187 Å². The fourth-order valence-electron chi connectivity index (χ4n) is 3.07. The van der Waals surface area contributed by atoms with Gasteiger partial charge in [0.15, 0.2) is 28.3 Å². The highest BCUT2D eigenvalue weighted by Crippen LogP contribution is 2.20. The van der Waals surface area contributed by atoms with Crippen molar-refractivity contribution in [1.29, 1.82) is 0 Å².